The number of hydrogen-bond acceptors (Lipinski definition) is 1. The Labute approximate surface area is 83.9 Å². The van der Waals surface area contributed by atoms with Gasteiger partial charge in [-0.05, 0) is 13.0 Å². The number of hydrogen-bond donors (Lipinski definition) is 1. The van der Waals surface area contributed by atoms with Crippen LogP contribution in [0.4, 0.5) is 8.78 Å². The Hall–Kier alpha value is -1.16. The first-order chi connectivity index (χ1) is 6.58. The average molecular weight is 217 g/mol. The van der Waals surface area contributed by atoms with Crippen molar-refractivity contribution >= 4 is 22.6 Å². The molecule has 0 spiro atoms. The summed E-state index contributed by atoms with van der Waals surface area (Å²) in [5.74, 6) is -0.876. The predicted octanol–water partition coefficient (Wildman–Crippen LogP) is 3.14. The van der Waals surface area contributed by atoms with Crippen molar-refractivity contribution in [3.05, 3.63) is 29.6 Å². The lowest BCUT2D eigenvalue weighted by atomic mass is 10.3. The summed E-state index contributed by atoms with van der Waals surface area (Å²) in [7, 11) is 0. The van der Waals surface area contributed by atoms with Gasteiger partial charge in [-0.1, -0.05) is 0 Å². The minimum Gasteiger partial charge on any atom is -0.341 e. The molecule has 2 aromatic rings. The molecular formula is C9H7ClF2N2. The summed E-state index contributed by atoms with van der Waals surface area (Å²) in [6, 6.07) is 1.99. The summed E-state index contributed by atoms with van der Waals surface area (Å²) in [6.07, 6.45) is 0. The van der Waals surface area contributed by atoms with E-state index < -0.39 is 11.6 Å². The van der Waals surface area contributed by atoms with Crippen LogP contribution in [0.1, 0.15) is 18.1 Å². The fraction of sp³-hybridized carbons (Fsp3) is 0.222. The zero-order valence-corrected chi connectivity index (χ0v) is 8.07. The number of alkyl halides is 1. The summed E-state index contributed by atoms with van der Waals surface area (Å²) in [4.78, 5) is 6.68. The van der Waals surface area contributed by atoms with Gasteiger partial charge in [0, 0.05) is 6.07 Å². The van der Waals surface area contributed by atoms with Gasteiger partial charge in [-0.3, -0.25) is 0 Å². The fourth-order valence-electron chi connectivity index (χ4n) is 1.25. The van der Waals surface area contributed by atoms with Crippen molar-refractivity contribution in [3.63, 3.8) is 0 Å². The second-order valence-corrected chi connectivity index (χ2v) is 3.68. The van der Waals surface area contributed by atoms with Crippen LogP contribution in [-0.4, -0.2) is 9.97 Å². The lowest BCUT2D eigenvalue weighted by molar-refractivity contribution is 0.590. The largest absolute Gasteiger partial charge is 0.341 e. The molecule has 0 saturated heterocycles. The van der Waals surface area contributed by atoms with Gasteiger partial charge in [-0.2, -0.15) is 0 Å². The van der Waals surface area contributed by atoms with E-state index in [2.05, 4.69) is 9.97 Å². The van der Waals surface area contributed by atoms with Gasteiger partial charge in [-0.25, -0.2) is 13.8 Å². The molecule has 0 amide bonds. The summed E-state index contributed by atoms with van der Waals surface area (Å²) in [6.45, 7) is 1.70. The molecule has 0 saturated carbocycles. The molecule has 14 heavy (non-hydrogen) atoms. The van der Waals surface area contributed by atoms with Gasteiger partial charge in [0.05, 0.1) is 10.9 Å². The van der Waals surface area contributed by atoms with E-state index >= 15 is 0 Å². The maximum absolute atomic E-state index is 13.2. The lowest BCUT2D eigenvalue weighted by Crippen LogP contribution is -1.85. The van der Waals surface area contributed by atoms with Crippen molar-refractivity contribution in [1.82, 2.24) is 9.97 Å². The molecule has 0 fully saturated rings. The number of rotatable bonds is 1. The summed E-state index contributed by atoms with van der Waals surface area (Å²) in [5.41, 5.74) is 0.443. The quantitative estimate of drug-likeness (QED) is 0.729. The molecule has 1 N–H and O–H groups in total. The van der Waals surface area contributed by atoms with Gasteiger partial charge in [0.15, 0.2) is 5.82 Å². The van der Waals surface area contributed by atoms with Crippen molar-refractivity contribution in [2.24, 2.45) is 0 Å². The van der Waals surface area contributed by atoms with Gasteiger partial charge < -0.3 is 4.98 Å². The zero-order valence-electron chi connectivity index (χ0n) is 7.31. The van der Waals surface area contributed by atoms with E-state index in [0.29, 0.717) is 11.3 Å². The first-order valence-electron chi connectivity index (χ1n) is 4.06. The van der Waals surface area contributed by atoms with Gasteiger partial charge in [0.2, 0.25) is 0 Å². The molecular weight excluding hydrogens is 210 g/mol. The van der Waals surface area contributed by atoms with Crippen molar-refractivity contribution < 1.29 is 8.78 Å². The molecule has 0 aliphatic rings. The molecule has 0 bridgehead atoms. The molecule has 0 radical (unpaired) electrons. The third-order valence-electron chi connectivity index (χ3n) is 1.90. The number of H-pyrrole nitrogens is 1. The smallest absolute Gasteiger partial charge is 0.153 e. The van der Waals surface area contributed by atoms with Crippen LogP contribution in [0.2, 0.25) is 0 Å². The number of nitrogens with one attached hydrogen (secondary N) is 1. The van der Waals surface area contributed by atoms with E-state index in [-0.39, 0.29) is 10.9 Å². The number of nitrogens with zero attached hydrogens (tertiary/aromatic N) is 1. The highest BCUT2D eigenvalue weighted by Crippen LogP contribution is 2.22. The van der Waals surface area contributed by atoms with Crippen LogP contribution >= 0.6 is 11.6 Å². The third-order valence-corrected chi connectivity index (χ3v) is 2.11. The molecule has 74 valence electrons. The first kappa shape index (κ1) is 9.40. The highest BCUT2D eigenvalue weighted by molar-refractivity contribution is 6.20. The molecule has 1 heterocycles. The third kappa shape index (κ3) is 1.46. The van der Waals surface area contributed by atoms with Crippen LogP contribution in [0.3, 0.4) is 0 Å². The SMILES string of the molecule is CC(Cl)c1nc2c(F)cc(F)cc2[nH]1. The van der Waals surface area contributed by atoms with E-state index in [1.807, 2.05) is 0 Å². The second kappa shape index (κ2) is 3.20. The second-order valence-electron chi connectivity index (χ2n) is 3.02. The molecule has 0 aliphatic carbocycles. The Balaban J connectivity index is 2.70. The van der Waals surface area contributed by atoms with E-state index in [0.717, 1.165) is 6.07 Å². The Morgan fingerprint density at radius 3 is 2.79 bits per heavy atom. The minimum atomic E-state index is -0.681. The lowest BCUT2D eigenvalue weighted by Gasteiger charge is -1.93. The molecule has 5 heteroatoms. The normalized spacial score (nSPS) is 13.4. The van der Waals surface area contributed by atoms with Gasteiger partial charge in [0.1, 0.15) is 17.2 Å². The average Bonchev–Trinajstić information content (AvgIpc) is 2.47. The molecule has 0 aliphatic heterocycles. The molecule has 1 aromatic heterocycles. The van der Waals surface area contributed by atoms with Crippen molar-refractivity contribution in [2.75, 3.05) is 0 Å². The van der Waals surface area contributed by atoms with Gasteiger partial charge in [0.25, 0.3) is 0 Å². The summed E-state index contributed by atoms with van der Waals surface area (Å²) in [5, 5.41) is -0.357. The molecule has 1 atom stereocenters. The first-order valence-corrected chi connectivity index (χ1v) is 4.50. The number of halogens is 3. The van der Waals surface area contributed by atoms with E-state index in [4.69, 9.17) is 11.6 Å². The number of aromatic nitrogens is 2. The topological polar surface area (TPSA) is 28.7 Å². The number of imidazole rings is 1. The summed E-state index contributed by atoms with van der Waals surface area (Å²) >= 11 is 5.76. The summed E-state index contributed by atoms with van der Waals surface area (Å²) < 4.78 is 25.9. The fourth-order valence-corrected chi connectivity index (χ4v) is 1.35. The van der Waals surface area contributed by atoms with Crippen LogP contribution in [0.15, 0.2) is 12.1 Å². The molecule has 1 aromatic carbocycles. The number of fused-ring (bicyclic) bond motifs is 1. The van der Waals surface area contributed by atoms with Crippen LogP contribution in [0.5, 0.6) is 0 Å². The Morgan fingerprint density at radius 1 is 1.43 bits per heavy atom. The number of aromatic amines is 1. The molecule has 1 unspecified atom stereocenters. The monoisotopic (exact) mass is 216 g/mol. The van der Waals surface area contributed by atoms with E-state index in [1.165, 1.54) is 6.07 Å². The Bertz CT molecular complexity index is 479. The Morgan fingerprint density at radius 2 is 2.14 bits per heavy atom. The predicted molar refractivity (Wildman–Crippen MR) is 50.3 cm³/mol. The van der Waals surface area contributed by atoms with Crippen molar-refractivity contribution in [3.8, 4) is 0 Å². The van der Waals surface area contributed by atoms with Crippen molar-refractivity contribution in [1.29, 1.82) is 0 Å². The maximum atomic E-state index is 13.2. The highest BCUT2D eigenvalue weighted by atomic mass is 35.5. The van der Waals surface area contributed by atoms with Crippen molar-refractivity contribution in [2.45, 2.75) is 12.3 Å². The van der Waals surface area contributed by atoms with Crippen LogP contribution in [0.25, 0.3) is 11.0 Å². The van der Waals surface area contributed by atoms with Gasteiger partial charge in [-0.15, -0.1) is 11.6 Å². The highest BCUT2D eigenvalue weighted by Gasteiger charge is 2.12. The van der Waals surface area contributed by atoms with Crippen LogP contribution < -0.4 is 0 Å². The Kier molecular flexibility index (Phi) is 2.15. The zero-order chi connectivity index (χ0) is 10.3. The molecule has 2 rings (SSSR count). The van der Waals surface area contributed by atoms with Crippen LogP contribution in [0, 0.1) is 11.6 Å². The number of benzene rings is 1. The van der Waals surface area contributed by atoms with E-state index in [1.54, 1.807) is 6.92 Å². The van der Waals surface area contributed by atoms with E-state index in [9.17, 15) is 8.78 Å². The standard InChI is InChI=1S/C9H7ClF2N2/c1-4(10)9-13-7-3-5(11)2-6(12)8(7)14-9/h2-4H,1H3,(H,13,14). The molecule has 2 nitrogen and oxygen atoms in total. The van der Waals surface area contributed by atoms with Crippen LogP contribution in [-0.2, 0) is 0 Å². The van der Waals surface area contributed by atoms with Gasteiger partial charge >= 0.3 is 0 Å². The minimum absolute atomic E-state index is 0.119. The maximum Gasteiger partial charge on any atom is 0.153 e.